The van der Waals surface area contributed by atoms with Crippen LogP contribution in [0.15, 0.2) is 18.2 Å². The number of benzene rings is 1. The van der Waals surface area contributed by atoms with Crippen LogP contribution in [0, 0.1) is 11.8 Å². The molecule has 0 saturated heterocycles. The summed E-state index contributed by atoms with van der Waals surface area (Å²) < 4.78 is 0. The van der Waals surface area contributed by atoms with E-state index in [0.29, 0.717) is 5.92 Å². The smallest absolute Gasteiger partial charge is 0.335 e. The molecule has 0 aromatic heterocycles. The minimum absolute atomic E-state index is 0.156. The maximum Gasteiger partial charge on any atom is 0.335 e. The second-order valence-corrected chi connectivity index (χ2v) is 5.02. The predicted octanol–water partition coefficient (Wildman–Crippen LogP) is 2.07. The Morgan fingerprint density at radius 3 is 2.00 bits per heavy atom. The van der Waals surface area contributed by atoms with E-state index < -0.39 is 11.9 Å². The van der Waals surface area contributed by atoms with E-state index in [0.717, 1.165) is 18.9 Å². The summed E-state index contributed by atoms with van der Waals surface area (Å²) in [6, 6.07) is 3.57. The Morgan fingerprint density at radius 2 is 1.60 bits per heavy atom. The summed E-state index contributed by atoms with van der Waals surface area (Å²) in [6.07, 6.45) is 2.04. The van der Waals surface area contributed by atoms with E-state index in [4.69, 9.17) is 10.2 Å². The third kappa shape index (κ3) is 3.14. The van der Waals surface area contributed by atoms with Gasteiger partial charge in [-0.15, -0.1) is 0 Å². The lowest BCUT2D eigenvalue weighted by molar-refractivity contribution is -0.119. The van der Waals surface area contributed by atoms with E-state index in [-0.39, 0.29) is 28.6 Å². The predicted molar refractivity (Wildman–Crippen MR) is 70.9 cm³/mol. The highest BCUT2D eigenvalue weighted by atomic mass is 16.4. The highest BCUT2D eigenvalue weighted by Crippen LogP contribution is 2.37. The zero-order valence-electron chi connectivity index (χ0n) is 10.9. The molecule has 1 saturated carbocycles. The van der Waals surface area contributed by atoms with E-state index in [9.17, 15) is 14.4 Å². The molecule has 20 heavy (non-hydrogen) atoms. The molecule has 1 amide bonds. The number of carbonyl (C=O) groups is 3. The molecule has 0 aliphatic heterocycles. The van der Waals surface area contributed by atoms with Gasteiger partial charge in [-0.05, 0) is 37.0 Å². The summed E-state index contributed by atoms with van der Waals surface area (Å²) in [7, 11) is 0. The number of nitrogens with one attached hydrogen (secondary N) is 1. The molecule has 1 aromatic rings. The van der Waals surface area contributed by atoms with Gasteiger partial charge in [-0.1, -0.05) is 6.92 Å². The van der Waals surface area contributed by atoms with Gasteiger partial charge in [0, 0.05) is 11.6 Å². The molecule has 1 atom stereocenters. The summed E-state index contributed by atoms with van der Waals surface area (Å²) in [5.74, 6) is -2.47. The molecule has 6 nitrogen and oxygen atoms in total. The van der Waals surface area contributed by atoms with Crippen LogP contribution < -0.4 is 5.32 Å². The molecule has 1 aliphatic carbocycles. The Morgan fingerprint density at radius 1 is 1.10 bits per heavy atom. The quantitative estimate of drug-likeness (QED) is 0.764. The molecule has 0 heterocycles. The minimum Gasteiger partial charge on any atom is -0.478 e. The SMILES string of the molecule is CC(C(=O)Nc1cc(C(=O)O)cc(C(=O)O)c1)C1CC1. The number of carboxylic acids is 2. The van der Waals surface area contributed by atoms with Gasteiger partial charge in [0.05, 0.1) is 11.1 Å². The molecule has 6 heteroatoms. The molecule has 1 aliphatic rings. The first-order valence-electron chi connectivity index (χ1n) is 6.31. The molecule has 1 aromatic carbocycles. The second-order valence-electron chi connectivity index (χ2n) is 5.02. The largest absolute Gasteiger partial charge is 0.478 e. The third-order valence-electron chi connectivity index (χ3n) is 3.44. The van der Waals surface area contributed by atoms with Crippen LogP contribution in [0.2, 0.25) is 0 Å². The number of carboxylic acid groups (broad SMARTS) is 2. The Balaban J connectivity index is 2.23. The molecule has 1 unspecified atom stereocenters. The summed E-state index contributed by atoms with van der Waals surface area (Å²) in [5, 5.41) is 20.5. The lowest BCUT2D eigenvalue weighted by Crippen LogP contribution is -2.22. The van der Waals surface area contributed by atoms with Crippen molar-refractivity contribution in [3.8, 4) is 0 Å². The lowest BCUT2D eigenvalue weighted by Gasteiger charge is -2.12. The van der Waals surface area contributed by atoms with Crippen molar-refractivity contribution < 1.29 is 24.6 Å². The van der Waals surface area contributed by atoms with Crippen LogP contribution in [0.1, 0.15) is 40.5 Å². The fourth-order valence-electron chi connectivity index (χ4n) is 2.01. The van der Waals surface area contributed by atoms with Crippen molar-refractivity contribution in [2.45, 2.75) is 19.8 Å². The van der Waals surface area contributed by atoms with Gasteiger partial charge in [0.25, 0.3) is 0 Å². The van der Waals surface area contributed by atoms with Crippen LogP contribution in [0.4, 0.5) is 5.69 Å². The standard InChI is InChI=1S/C14H15NO5/c1-7(8-2-3-8)12(16)15-11-5-9(13(17)18)4-10(6-11)14(19)20/h4-8H,2-3H2,1H3,(H,15,16)(H,17,18)(H,19,20). The van der Waals surface area contributed by atoms with Gasteiger partial charge in [0.1, 0.15) is 0 Å². The van der Waals surface area contributed by atoms with E-state index in [1.807, 2.05) is 6.92 Å². The topological polar surface area (TPSA) is 104 Å². The van der Waals surface area contributed by atoms with Crippen molar-refractivity contribution in [2.75, 3.05) is 5.32 Å². The molecule has 3 N–H and O–H groups in total. The molecule has 0 radical (unpaired) electrons. The average Bonchev–Trinajstić information content (AvgIpc) is 3.21. The van der Waals surface area contributed by atoms with Crippen molar-refractivity contribution in [1.29, 1.82) is 0 Å². The maximum absolute atomic E-state index is 12.0. The molecule has 0 bridgehead atoms. The number of hydrogen-bond acceptors (Lipinski definition) is 3. The molecule has 2 rings (SSSR count). The number of carbonyl (C=O) groups excluding carboxylic acids is 1. The van der Waals surface area contributed by atoms with Gasteiger partial charge in [-0.25, -0.2) is 9.59 Å². The maximum atomic E-state index is 12.0. The zero-order chi connectivity index (χ0) is 14.9. The van der Waals surface area contributed by atoms with Crippen molar-refractivity contribution in [1.82, 2.24) is 0 Å². The summed E-state index contributed by atoms with van der Waals surface area (Å²) in [5.41, 5.74) is -0.140. The van der Waals surface area contributed by atoms with Crippen LogP contribution in [0.3, 0.4) is 0 Å². The van der Waals surface area contributed by atoms with Gasteiger partial charge >= 0.3 is 11.9 Å². The highest BCUT2D eigenvalue weighted by molar-refractivity contribution is 5.99. The van der Waals surface area contributed by atoms with E-state index in [2.05, 4.69) is 5.32 Å². The average molecular weight is 277 g/mol. The monoisotopic (exact) mass is 277 g/mol. The zero-order valence-corrected chi connectivity index (χ0v) is 10.9. The number of aromatic carboxylic acids is 2. The van der Waals surface area contributed by atoms with Crippen LogP contribution in [-0.2, 0) is 4.79 Å². The third-order valence-corrected chi connectivity index (χ3v) is 3.44. The Bertz CT molecular complexity index is 545. The Labute approximate surface area is 115 Å². The summed E-state index contributed by atoms with van der Waals surface area (Å²) >= 11 is 0. The normalized spacial score (nSPS) is 15.4. The van der Waals surface area contributed by atoms with Crippen LogP contribution in [0.25, 0.3) is 0 Å². The number of rotatable bonds is 5. The fourth-order valence-corrected chi connectivity index (χ4v) is 2.01. The fraction of sp³-hybridized carbons (Fsp3) is 0.357. The first-order chi connectivity index (χ1) is 9.38. The van der Waals surface area contributed by atoms with Gasteiger partial charge in [0.15, 0.2) is 0 Å². The van der Waals surface area contributed by atoms with Crippen LogP contribution in [-0.4, -0.2) is 28.1 Å². The van der Waals surface area contributed by atoms with E-state index in [1.165, 1.54) is 12.1 Å². The minimum atomic E-state index is -1.24. The molecular formula is C14H15NO5. The highest BCUT2D eigenvalue weighted by Gasteiger charge is 2.32. The van der Waals surface area contributed by atoms with Crippen molar-refractivity contribution >= 4 is 23.5 Å². The van der Waals surface area contributed by atoms with E-state index in [1.54, 1.807) is 0 Å². The van der Waals surface area contributed by atoms with Gasteiger partial charge in [0.2, 0.25) is 5.91 Å². The molecule has 1 fully saturated rings. The molecular weight excluding hydrogens is 262 g/mol. The summed E-state index contributed by atoms with van der Waals surface area (Å²) in [6.45, 7) is 1.81. The molecule has 106 valence electrons. The Kier molecular flexibility index (Phi) is 3.74. The van der Waals surface area contributed by atoms with Crippen molar-refractivity contribution in [3.63, 3.8) is 0 Å². The number of anilines is 1. The molecule has 0 spiro atoms. The van der Waals surface area contributed by atoms with Crippen molar-refractivity contribution in [2.24, 2.45) is 11.8 Å². The first kappa shape index (κ1) is 14.0. The first-order valence-corrected chi connectivity index (χ1v) is 6.31. The van der Waals surface area contributed by atoms with Crippen molar-refractivity contribution in [3.05, 3.63) is 29.3 Å². The lowest BCUT2D eigenvalue weighted by atomic mass is 10.0. The van der Waals surface area contributed by atoms with Gasteiger partial charge in [-0.3, -0.25) is 4.79 Å². The Hall–Kier alpha value is -2.37. The van der Waals surface area contributed by atoms with Gasteiger partial charge in [-0.2, -0.15) is 0 Å². The van der Waals surface area contributed by atoms with Crippen LogP contribution >= 0.6 is 0 Å². The number of amides is 1. The number of hydrogen-bond donors (Lipinski definition) is 3. The van der Waals surface area contributed by atoms with Crippen LogP contribution in [0.5, 0.6) is 0 Å². The second kappa shape index (κ2) is 5.32. The van der Waals surface area contributed by atoms with E-state index >= 15 is 0 Å². The summed E-state index contributed by atoms with van der Waals surface area (Å²) in [4.78, 5) is 33.9. The van der Waals surface area contributed by atoms with Gasteiger partial charge < -0.3 is 15.5 Å².